The first-order valence-corrected chi connectivity index (χ1v) is 6.70. The van der Waals surface area contributed by atoms with Crippen molar-refractivity contribution < 1.29 is 0 Å². The van der Waals surface area contributed by atoms with Crippen LogP contribution in [-0.4, -0.2) is 17.0 Å². The second-order valence-corrected chi connectivity index (χ2v) is 5.76. The highest BCUT2D eigenvalue weighted by Gasteiger charge is 2.12. The van der Waals surface area contributed by atoms with Gasteiger partial charge in [0.25, 0.3) is 0 Å². The van der Waals surface area contributed by atoms with Gasteiger partial charge in [-0.1, -0.05) is 23.4 Å². The SMILES string of the molecule is CC1CCSC(Nc2ccsc2Cl)=N1. The first-order valence-electron chi connectivity index (χ1n) is 4.46. The number of thiophene rings is 1. The molecule has 0 amide bonds. The topological polar surface area (TPSA) is 24.4 Å². The van der Waals surface area contributed by atoms with Crippen LogP contribution < -0.4 is 5.32 Å². The first-order chi connectivity index (χ1) is 6.75. The lowest BCUT2D eigenvalue weighted by Gasteiger charge is -2.17. The van der Waals surface area contributed by atoms with Gasteiger partial charge in [0.2, 0.25) is 0 Å². The van der Waals surface area contributed by atoms with Crippen molar-refractivity contribution in [3.8, 4) is 0 Å². The second kappa shape index (κ2) is 4.55. The van der Waals surface area contributed by atoms with Crippen molar-refractivity contribution in [1.82, 2.24) is 0 Å². The molecule has 1 aliphatic heterocycles. The Kier molecular flexibility index (Phi) is 3.36. The van der Waals surface area contributed by atoms with Gasteiger partial charge in [-0.05, 0) is 24.8 Å². The number of halogens is 1. The molecule has 0 saturated carbocycles. The normalized spacial score (nSPS) is 21.9. The monoisotopic (exact) mass is 246 g/mol. The van der Waals surface area contributed by atoms with Gasteiger partial charge in [0.05, 0.1) is 11.7 Å². The maximum atomic E-state index is 5.99. The highest BCUT2D eigenvalue weighted by molar-refractivity contribution is 8.14. The van der Waals surface area contributed by atoms with Crippen LogP contribution >= 0.6 is 34.7 Å². The number of hydrogen-bond acceptors (Lipinski definition) is 4. The highest BCUT2D eigenvalue weighted by Crippen LogP contribution is 2.29. The Morgan fingerprint density at radius 2 is 2.50 bits per heavy atom. The van der Waals surface area contributed by atoms with E-state index in [1.54, 1.807) is 11.8 Å². The summed E-state index contributed by atoms with van der Waals surface area (Å²) < 4.78 is 0.798. The molecule has 0 aromatic carbocycles. The summed E-state index contributed by atoms with van der Waals surface area (Å²) in [6, 6.07) is 2.41. The van der Waals surface area contributed by atoms with Gasteiger partial charge in [-0.25, -0.2) is 0 Å². The Morgan fingerprint density at radius 3 is 3.14 bits per heavy atom. The summed E-state index contributed by atoms with van der Waals surface area (Å²) in [5.74, 6) is 1.13. The van der Waals surface area contributed by atoms with Gasteiger partial charge in [0.1, 0.15) is 4.34 Å². The molecule has 0 spiro atoms. The molecule has 1 atom stereocenters. The lowest BCUT2D eigenvalue weighted by molar-refractivity contribution is 0.720. The maximum absolute atomic E-state index is 5.99. The number of anilines is 1. The molecule has 1 aromatic rings. The van der Waals surface area contributed by atoms with Gasteiger partial charge >= 0.3 is 0 Å². The van der Waals surface area contributed by atoms with Crippen LogP contribution in [0.15, 0.2) is 16.4 Å². The van der Waals surface area contributed by atoms with Crippen molar-refractivity contribution in [3.63, 3.8) is 0 Å². The molecule has 0 aliphatic carbocycles. The molecule has 0 bridgehead atoms. The summed E-state index contributed by atoms with van der Waals surface area (Å²) in [7, 11) is 0. The standard InChI is InChI=1S/C9H11ClN2S2/c1-6-2-4-14-9(11-6)12-7-3-5-13-8(7)10/h3,5-6H,2,4H2,1H3,(H,11,12). The fourth-order valence-electron chi connectivity index (χ4n) is 1.19. The number of nitrogens with one attached hydrogen (secondary N) is 1. The van der Waals surface area contributed by atoms with Crippen LogP contribution in [0.1, 0.15) is 13.3 Å². The van der Waals surface area contributed by atoms with Crippen LogP contribution in [0.25, 0.3) is 0 Å². The lowest BCUT2D eigenvalue weighted by Crippen LogP contribution is -2.17. The van der Waals surface area contributed by atoms with Gasteiger partial charge < -0.3 is 5.32 Å². The van der Waals surface area contributed by atoms with Gasteiger partial charge in [-0.15, -0.1) is 11.3 Å². The van der Waals surface area contributed by atoms with E-state index in [-0.39, 0.29) is 0 Å². The quantitative estimate of drug-likeness (QED) is 0.817. The van der Waals surface area contributed by atoms with Crippen LogP contribution in [-0.2, 0) is 0 Å². The van der Waals surface area contributed by atoms with E-state index in [9.17, 15) is 0 Å². The Labute approximate surface area is 96.8 Å². The van der Waals surface area contributed by atoms with E-state index in [4.69, 9.17) is 11.6 Å². The van der Waals surface area contributed by atoms with Crippen molar-refractivity contribution in [2.45, 2.75) is 19.4 Å². The fourth-order valence-corrected chi connectivity index (χ4v) is 3.12. The molecule has 2 heterocycles. The molecule has 5 heteroatoms. The Bertz CT molecular complexity index is 348. The Morgan fingerprint density at radius 1 is 1.64 bits per heavy atom. The molecule has 14 heavy (non-hydrogen) atoms. The Hall–Kier alpha value is -0.190. The predicted molar refractivity (Wildman–Crippen MR) is 66.9 cm³/mol. The van der Waals surface area contributed by atoms with Crippen molar-refractivity contribution in [1.29, 1.82) is 0 Å². The van der Waals surface area contributed by atoms with Crippen LogP contribution in [0.2, 0.25) is 4.34 Å². The van der Waals surface area contributed by atoms with E-state index >= 15 is 0 Å². The number of aliphatic imine (C=N–C) groups is 1. The smallest absolute Gasteiger partial charge is 0.161 e. The van der Waals surface area contributed by atoms with E-state index < -0.39 is 0 Å². The summed E-state index contributed by atoms with van der Waals surface area (Å²) in [6.07, 6.45) is 1.16. The predicted octanol–water partition coefficient (Wildman–Crippen LogP) is 3.69. The van der Waals surface area contributed by atoms with Crippen LogP contribution in [0.5, 0.6) is 0 Å². The Balaban J connectivity index is 2.07. The average Bonchev–Trinajstić information content (AvgIpc) is 2.52. The molecule has 0 fully saturated rings. The van der Waals surface area contributed by atoms with Gasteiger partial charge in [-0.2, -0.15) is 0 Å². The van der Waals surface area contributed by atoms with E-state index in [0.29, 0.717) is 6.04 Å². The largest absolute Gasteiger partial charge is 0.333 e. The molecule has 1 aliphatic rings. The molecular formula is C9H11ClN2S2. The molecule has 76 valence electrons. The molecular weight excluding hydrogens is 236 g/mol. The molecule has 0 saturated heterocycles. The van der Waals surface area contributed by atoms with E-state index in [2.05, 4.69) is 17.2 Å². The number of hydrogen-bond donors (Lipinski definition) is 1. The number of nitrogens with zero attached hydrogens (tertiary/aromatic N) is 1. The third-order valence-corrected chi connectivity index (χ3v) is 4.06. The first kappa shape index (κ1) is 10.3. The number of amidine groups is 1. The van der Waals surface area contributed by atoms with E-state index in [1.807, 2.05) is 11.4 Å². The van der Waals surface area contributed by atoms with Crippen molar-refractivity contribution in [2.75, 3.05) is 11.1 Å². The third-order valence-electron chi connectivity index (χ3n) is 1.97. The lowest BCUT2D eigenvalue weighted by atomic mass is 10.3. The van der Waals surface area contributed by atoms with E-state index in [1.165, 1.54) is 11.3 Å². The molecule has 0 radical (unpaired) electrons. The highest BCUT2D eigenvalue weighted by atomic mass is 35.5. The zero-order valence-corrected chi connectivity index (χ0v) is 10.2. The van der Waals surface area contributed by atoms with Crippen molar-refractivity contribution in [2.24, 2.45) is 4.99 Å². The molecule has 1 unspecified atom stereocenters. The van der Waals surface area contributed by atoms with Gasteiger partial charge in [-0.3, -0.25) is 4.99 Å². The minimum Gasteiger partial charge on any atom is -0.333 e. The van der Waals surface area contributed by atoms with Gasteiger partial charge in [0.15, 0.2) is 5.17 Å². The average molecular weight is 247 g/mol. The molecule has 1 aromatic heterocycles. The number of thioether (sulfide) groups is 1. The van der Waals surface area contributed by atoms with Crippen LogP contribution in [0.3, 0.4) is 0 Å². The number of rotatable bonds is 1. The maximum Gasteiger partial charge on any atom is 0.161 e. The molecule has 2 rings (SSSR count). The molecule has 2 nitrogen and oxygen atoms in total. The van der Waals surface area contributed by atoms with E-state index in [0.717, 1.165) is 27.4 Å². The van der Waals surface area contributed by atoms with Crippen LogP contribution in [0.4, 0.5) is 5.69 Å². The van der Waals surface area contributed by atoms with Gasteiger partial charge in [0, 0.05) is 5.75 Å². The second-order valence-electron chi connectivity index (χ2n) is 3.15. The van der Waals surface area contributed by atoms with Crippen molar-refractivity contribution >= 4 is 45.6 Å². The summed E-state index contributed by atoms with van der Waals surface area (Å²) in [5.41, 5.74) is 0.969. The summed E-state index contributed by atoms with van der Waals surface area (Å²) in [6.45, 7) is 2.14. The summed E-state index contributed by atoms with van der Waals surface area (Å²) in [4.78, 5) is 4.51. The van der Waals surface area contributed by atoms with Crippen LogP contribution in [0, 0.1) is 0 Å². The zero-order valence-electron chi connectivity index (χ0n) is 7.79. The zero-order chi connectivity index (χ0) is 9.97. The molecule has 1 N–H and O–H groups in total. The minimum absolute atomic E-state index is 0.427. The minimum atomic E-state index is 0.427. The van der Waals surface area contributed by atoms with Crippen molar-refractivity contribution in [3.05, 3.63) is 15.8 Å². The fraction of sp³-hybridized carbons (Fsp3) is 0.444. The summed E-state index contributed by atoms with van der Waals surface area (Å²) in [5, 5.41) is 6.22. The summed E-state index contributed by atoms with van der Waals surface area (Å²) >= 11 is 9.28. The third kappa shape index (κ3) is 2.43.